The molecule has 0 aliphatic rings. The van der Waals surface area contributed by atoms with Gasteiger partial charge in [-0.05, 0) is 59.9 Å². The third-order valence-corrected chi connectivity index (χ3v) is 5.50. The van der Waals surface area contributed by atoms with Gasteiger partial charge in [0.1, 0.15) is 12.9 Å². The summed E-state index contributed by atoms with van der Waals surface area (Å²) in [5.74, 6) is -0.174. The first kappa shape index (κ1) is 17.2. The van der Waals surface area contributed by atoms with Crippen molar-refractivity contribution in [3.05, 3.63) is 64.1 Å². The number of halogens is 1. The molecule has 1 aromatic heterocycles. The molecule has 2 aromatic carbocycles. The molecule has 0 spiro atoms. The first-order chi connectivity index (χ1) is 12.4. The number of nitrogens with zero attached hydrogens (tertiary/aromatic N) is 1. The SMILES string of the molecule is [2H]c1c(C)[n+](C)c(-c2c(C)c(C)cc(C)c2F)c2ccc(C(C)(C)C)cc12. The maximum Gasteiger partial charge on any atom is 0.223 e. The summed E-state index contributed by atoms with van der Waals surface area (Å²) in [6, 6.07) is 8.67. The van der Waals surface area contributed by atoms with Gasteiger partial charge in [0, 0.05) is 13.0 Å². The normalized spacial score (nSPS) is 12.6. The standard InChI is InChI=1S/C24H29FN/c1-14-11-15(2)22(25)21(17(14)4)23-20-10-9-19(24(5,6)7)13-18(20)12-16(3)26(23)8/h9-13H,1-8H3/q+1/i12D. The molecule has 3 rings (SSSR count). The van der Waals surface area contributed by atoms with Crippen LogP contribution in [0.1, 0.15) is 50.1 Å². The van der Waals surface area contributed by atoms with Gasteiger partial charge in [0.15, 0.2) is 5.69 Å². The fraction of sp³-hybridized carbons (Fsp3) is 0.375. The average Bonchev–Trinajstić information content (AvgIpc) is 2.59. The van der Waals surface area contributed by atoms with Crippen LogP contribution in [0.5, 0.6) is 0 Å². The molecule has 0 unspecified atom stereocenters. The van der Waals surface area contributed by atoms with Crippen molar-refractivity contribution in [1.82, 2.24) is 0 Å². The summed E-state index contributed by atoms with van der Waals surface area (Å²) in [6.07, 6.45) is 0. The van der Waals surface area contributed by atoms with Crippen LogP contribution in [0.4, 0.5) is 4.39 Å². The van der Waals surface area contributed by atoms with Gasteiger partial charge in [-0.1, -0.05) is 39.0 Å². The number of pyridine rings is 1. The molecule has 136 valence electrons. The molecule has 0 saturated carbocycles. The van der Waals surface area contributed by atoms with Crippen molar-refractivity contribution >= 4 is 10.8 Å². The van der Waals surface area contributed by atoms with Crippen LogP contribution in [0.25, 0.3) is 22.0 Å². The summed E-state index contributed by atoms with van der Waals surface area (Å²) in [7, 11) is 1.93. The highest BCUT2D eigenvalue weighted by Crippen LogP contribution is 2.35. The van der Waals surface area contributed by atoms with E-state index in [1.807, 2.05) is 45.4 Å². The van der Waals surface area contributed by atoms with Gasteiger partial charge in [0.25, 0.3) is 0 Å². The Kier molecular flexibility index (Phi) is 4.10. The Morgan fingerprint density at radius 1 is 1.00 bits per heavy atom. The molecule has 0 N–H and O–H groups in total. The van der Waals surface area contributed by atoms with Crippen molar-refractivity contribution in [2.24, 2.45) is 7.05 Å². The van der Waals surface area contributed by atoms with Gasteiger partial charge in [-0.3, -0.25) is 0 Å². The molecule has 3 aromatic rings. The van der Waals surface area contributed by atoms with Crippen LogP contribution in [-0.2, 0) is 12.5 Å². The van der Waals surface area contributed by atoms with Crippen molar-refractivity contribution in [3.8, 4) is 11.3 Å². The molecular weight excluding hydrogens is 321 g/mol. The minimum Gasteiger partial charge on any atom is -0.206 e. The molecule has 0 radical (unpaired) electrons. The average molecular weight is 352 g/mol. The lowest BCUT2D eigenvalue weighted by molar-refractivity contribution is -0.665. The summed E-state index contributed by atoms with van der Waals surface area (Å²) in [4.78, 5) is 0. The van der Waals surface area contributed by atoms with Gasteiger partial charge >= 0.3 is 0 Å². The van der Waals surface area contributed by atoms with Gasteiger partial charge in [-0.2, -0.15) is 4.57 Å². The summed E-state index contributed by atoms with van der Waals surface area (Å²) < 4.78 is 25.9. The molecular formula is C24H29FN+. The lowest BCUT2D eigenvalue weighted by Crippen LogP contribution is -2.35. The molecule has 0 saturated heterocycles. The third kappa shape index (κ3) is 2.92. The van der Waals surface area contributed by atoms with Crippen molar-refractivity contribution in [2.75, 3.05) is 0 Å². The smallest absolute Gasteiger partial charge is 0.206 e. The Labute approximate surface area is 157 Å². The van der Waals surface area contributed by atoms with E-state index >= 15 is 4.39 Å². The van der Waals surface area contributed by atoms with Crippen LogP contribution >= 0.6 is 0 Å². The molecule has 0 fully saturated rings. The van der Waals surface area contributed by atoms with Gasteiger partial charge in [-0.15, -0.1) is 0 Å². The van der Waals surface area contributed by atoms with Crippen molar-refractivity contribution in [2.45, 2.75) is 53.9 Å². The zero-order chi connectivity index (χ0) is 20.3. The lowest BCUT2D eigenvalue weighted by atomic mass is 9.85. The Hall–Kier alpha value is -2.22. The number of aromatic nitrogens is 1. The number of aryl methyl sites for hydroxylation is 2. The van der Waals surface area contributed by atoms with E-state index in [9.17, 15) is 0 Å². The van der Waals surface area contributed by atoms with Crippen LogP contribution in [0.2, 0.25) is 0 Å². The molecule has 0 aliphatic carbocycles. The maximum absolute atomic E-state index is 15.3. The van der Waals surface area contributed by atoms with Gasteiger partial charge < -0.3 is 0 Å². The fourth-order valence-corrected chi connectivity index (χ4v) is 3.59. The summed E-state index contributed by atoms with van der Waals surface area (Å²) >= 11 is 0. The molecule has 1 nitrogen and oxygen atoms in total. The van der Waals surface area contributed by atoms with Crippen LogP contribution in [0.15, 0.2) is 30.3 Å². The van der Waals surface area contributed by atoms with E-state index < -0.39 is 0 Å². The highest BCUT2D eigenvalue weighted by atomic mass is 19.1. The lowest BCUT2D eigenvalue weighted by Gasteiger charge is -2.20. The van der Waals surface area contributed by atoms with Crippen LogP contribution in [-0.4, -0.2) is 0 Å². The molecule has 0 atom stereocenters. The Morgan fingerprint density at radius 3 is 2.27 bits per heavy atom. The summed E-state index contributed by atoms with van der Waals surface area (Å²) in [5, 5.41) is 1.80. The molecule has 2 heteroatoms. The van der Waals surface area contributed by atoms with Crippen molar-refractivity contribution in [1.29, 1.82) is 0 Å². The number of fused-ring (bicyclic) bond motifs is 1. The second-order valence-electron chi connectivity index (χ2n) is 8.45. The molecule has 0 bridgehead atoms. The monoisotopic (exact) mass is 351 g/mol. The Morgan fingerprint density at radius 2 is 1.65 bits per heavy atom. The molecule has 0 aliphatic heterocycles. The quantitative estimate of drug-likeness (QED) is 0.473. The fourth-order valence-electron chi connectivity index (χ4n) is 3.59. The van der Waals surface area contributed by atoms with Gasteiger partial charge in [0.2, 0.25) is 5.69 Å². The number of rotatable bonds is 1. The van der Waals surface area contributed by atoms with Crippen molar-refractivity contribution in [3.63, 3.8) is 0 Å². The second-order valence-corrected chi connectivity index (χ2v) is 8.45. The first-order valence-corrected chi connectivity index (χ1v) is 9.15. The predicted octanol–water partition coefficient (Wildman–Crippen LogP) is 6.00. The summed E-state index contributed by atoms with van der Waals surface area (Å²) in [5.41, 5.74) is 6.19. The van der Waals surface area contributed by atoms with E-state index in [1.165, 1.54) is 5.56 Å². The number of hydrogen-bond acceptors (Lipinski definition) is 0. The van der Waals surface area contributed by atoms with E-state index in [-0.39, 0.29) is 11.2 Å². The van der Waals surface area contributed by atoms with Crippen LogP contribution < -0.4 is 4.57 Å². The van der Waals surface area contributed by atoms with E-state index in [0.29, 0.717) is 17.2 Å². The molecule has 1 heterocycles. The predicted molar refractivity (Wildman–Crippen MR) is 108 cm³/mol. The molecule has 26 heavy (non-hydrogen) atoms. The zero-order valence-corrected chi connectivity index (χ0v) is 17.1. The largest absolute Gasteiger partial charge is 0.223 e. The highest BCUT2D eigenvalue weighted by molar-refractivity contribution is 5.94. The number of benzene rings is 2. The third-order valence-electron chi connectivity index (χ3n) is 5.50. The van der Waals surface area contributed by atoms with Crippen LogP contribution in [0, 0.1) is 33.5 Å². The van der Waals surface area contributed by atoms with E-state index in [4.69, 9.17) is 1.37 Å². The van der Waals surface area contributed by atoms with E-state index in [0.717, 1.165) is 33.3 Å². The van der Waals surface area contributed by atoms with Crippen LogP contribution in [0.3, 0.4) is 0 Å². The minimum absolute atomic E-state index is 0.00613. The Balaban J connectivity index is 2.53. The maximum atomic E-state index is 15.3. The van der Waals surface area contributed by atoms with E-state index in [1.54, 1.807) is 0 Å². The Bertz CT molecular complexity index is 1050. The van der Waals surface area contributed by atoms with E-state index in [2.05, 4.69) is 39.0 Å². The van der Waals surface area contributed by atoms with Gasteiger partial charge in [-0.25, -0.2) is 4.39 Å². The second kappa shape index (κ2) is 6.19. The summed E-state index contributed by atoms with van der Waals surface area (Å²) in [6.45, 7) is 14.3. The molecule has 0 amide bonds. The minimum atomic E-state index is -0.174. The van der Waals surface area contributed by atoms with Crippen molar-refractivity contribution < 1.29 is 10.3 Å². The number of hydrogen-bond donors (Lipinski definition) is 0. The van der Waals surface area contributed by atoms with Gasteiger partial charge in [0.05, 0.1) is 12.3 Å². The zero-order valence-electron chi connectivity index (χ0n) is 18.1. The topological polar surface area (TPSA) is 3.88 Å². The highest BCUT2D eigenvalue weighted by Gasteiger charge is 2.25. The first-order valence-electron chi connectivity index (χ1n) is 9.65.